The van der Waals surface area contributed by atoms with Gasteiger partial charge in [0.2, 0.25) is 11.4 Å². The maximum Gasteiger partial charge on any atom is 0.422 e. The van der Waals surface area contributed by atoms with Crippen LogP contribution in [0.15, 0.2) is 0 Å². The van der Waals surface area contributed by atoms with Crippen LogP contribution in [0, 0.1) is 5.92 Å². The van der Waals surface area contributed by atoms with Gasteiger partial charge in [0.1, 0.15) is 0 Å². The van der Waals surface area contributed by atoms with Gasteiger partial charge in [0.15, 0.2) is 0 Å². The number of carboxylic acids is 1. The summed E-state index contributed by atoms with van der Waals surface area (Å²) < 4.78 is 37.8. The summed E-state index contributed by atoms with van der Waals surface area (Å²) in [6.45, 7) is 3.74. The Morgan fingerprint density at radius 1 is 1.24 bits per heavy atom. The molecule has 1 unspecified atom stereocenters. The van der Waals surface area contributed by atoms with Crippen LogP contribution in [-0.2, 0) is 9.59 Å². The number of carboxylic acid groups (broad SMARTS) is 1. The van der Waals surface area contributed by atoms with E-state index < -0.39 is 29.5 Å². The van der Waals surface area contributed by atoms with Gasteiger partial charge in [-0.25, -0.2) is 4.79 Å². The zero-order chi connectivity index (χ0) is 13.9. The van der Waals surface area contributed by atoms with E-state index in [9.17, 15) is 22.8 Å². The summed E-state index contributed by atoms with van der Waals surface area (Å²) in [4.78, 5) is 22.2. The molecule has 0 heterocycles. The third-order valence-corrected chi connectivity index (χ3v) is 2.72. The molecular formula is C10H16F3NO3. The quantitative estimate of drug-likeness (QED) is 0.789. The number of carbonyl (C=O) groups excluding carboxylic acids is 1. The lowest BCUT2D eigenvalue weighted by Gasteiger charge is -2.30. The van der Waals surface area contributed by atoms with Gasteiger partial charge in [-0.15, -0.1) is 0 Å². The summed E-state index contributed by atoms with van der Waals surface area (Å²) in [5.41, 5.74) is -3.24. The molecule has 1 atom stereocenters. The van der Waals surface area contributed by atoms with E-state index in [1.165, 1.54) is 0 Å². The Kier molecular flexibility index (Phi) is 4.97. The topological polar surface area (TPSA) is 66.4 Å². The Bertz CT molecular complexity index is 300. The molecule has 0 aromatic heterocycles. The fourth-order valence-electron chi connectivity index (χ4n) is 1.25. The predicted octanol–water partition coefficient (Wildman–Crippen LogP) is 1.94. The molecule has 0 saturated carbocycles. The highest BCUT2D eigenvalue weighted by molar-refractivity contribution is 5.88. The molecule has 7 heteroatoms. The smallest absolute Gasteiger partial charge is 0.422 e. The lowest BCUT2D eigenvalue weighted by Crippen LogP contribution is -2.62. The van der Waals surface area contributed by atoms with Gasteiger partial charge in [0, 0.05) is 5.92 Å². The molecule has 17 heavy (non-hydrogen) atoms. The Morgan fingerprint density at radius 3 is 1.88 bits per heavy atom. The van der Waals surface area contributed by atoms with Gasteiger partial charge in [-0.3, -0.25) is 4.79 Å². The van der Waals surface area contributed by atoms with Crippen LogP contribution in [0.2, 0.25) is 0 Å². The number of nitrogens with one attached hydrogen (secondary N) is 1. The number of carbonyl (C=O) groups is 2. The molecule has 0 aromatic rings. The molecule has 0 fully saturated rings. The summed E-state index contributed by atoms with van der Waals surface area (Å²) in [6, 6.07) is 0. The molecule has 1 amide bonds. The number of hydrogen-bond acceptors (Lipinski definition) is 2. The van der Waals surface area contributed by atoms with Crippen molar-refractivity contribution in [3.05, 3.63) is 0 Å². The Hall–Kier alpha value is -1.27. The third kappa shape index (κ3) is 3.34. The molecule has 2 N–H and O–H groups in total. The number of alkyl halides is 3. The number of hydrogen-bond donors (Lipinski definition) is 2. The summed E-state index contributed by atoms with van der Waals surface area (Å²) in [5, 5.41) is 10.2. The molecule has 4 nitrogen and oxygen atoms in total. The minimum Gasteiger partial charge on any atom is -0.479 e. The van der Waals surface area contributed by atoms with Crippen LogP contribution in [0.3, 0.4) is 0 Å². The second-order valence-electron chi connectivity index (χ2n) is 3.93. The summed E-state index contributed by atoms with van der Waals surface area (Å²) in [5.74, 6) is -3.63. The van der Waals surface area contributed by atoms with Crippen molar-refractivity contribution in [3.8, 4) is 0 Å². The van der Waals surface area contributed by atoms with Gasteiger partial charge in [-0.1, -0.05) is 13.8 Å². The summed E-state index contributed by atoms with van der Waals surface area (Å²) >= 11 is 0. The highest BCUT2D eigenvalue weighted by Crippen LogP contribution is 2.31. The molecule has 100 valence electrons. The van der Waals surface area contributed by atoms with E-state index in [1.54, 1.807) is 19.2 Å². The largest absolute Gasteiger partial charge is 0.479 e. The van der Waals surface area contributed by atoms with Crippen molar-refractivity contribution in [3.63, 3.8) is 0 Å². The van der Waals surface area contributed by atoms with Crippen LogP contribution in [0.1, 0.15) is 33.6 Å². The first-order valence-corrected chi connectivity index (χ1v) is 5.22. The number of amides is 1. The van der Waals surface area contributed by atoms with Crippen LogP contribution >= 0.6 is 0 Å². The Morgan fingerprint density at radius 2 is 1.65 bits per heavy atom. The highest BCUT2D eigenvalue weighted by atomic mass is 19.4. The average molecular weight is 255 g/mol. The van der Waals surface area contributed by atoms with Crippen molar-refractivity contribution in [1.29, 1.82) is 0 Å². The van der Waals surface area contributed by atoms with Crippen molar-refractivity contribution < 1.29 is 27.9 Å². The molecule has 0 aliphatic rings. The maximum absolute atomic E-state index is 12.6. The van der Waals surface area contributed by atoms with Gasteiger partial charge in [-0.05, 0) is 19.8 Å². The van der Waals surface area contributed by atoms with E-state index in [4.69, 9.17) is 5.11 Å². The number of rotatable bonds is 5. The number of aliphatic carboxylic acids is 1. The lowest BCUT2D eigenvalue weighted by atomic mass is 9.97. The SMILES string of the molecule is CCC(CC)C(=O)NC(C)(C(=O)O)C(F)(F)F. The first-order chi connectivity index (χ1) is 7.60. The summed E-state index contributed by atoms with van der Waals surface area (Å²) in [6.07, 6.45) is -4.33. The standard InChI is InChI=1S/C10H16F3NO3/c1-4-6(5-2)7(15)14-9(3,8(16)17)10(11,12)13/h6H,4-5H2,1-3H3,(H,14,15)(H,16,17). The maximum atomic E-state index is 12.6. The molecule has 0 aromatic carbocycles. The molecule has 0 aliphatic carbocycles. The van der Waals surface area contributed by atoms with Gasteiger partial charge >= 0.3 is 12.1 Å². The Labute approximate surface area is 97.2 Å². The minimum absolute atomic E-state index is 0.357. The van der Waals surface area contributed by atoms with Crippen molar-refractivity contribution in [1.82, 2.24) is 5.32 Å². The van der Waals surface area contributed by atoms with Gasteiger partial charge in [0.05, 0.1) is 0 Å². The molecule has 0 aliphatic heterocycles. The number of halogens is 3. The van der Waals surface area contributed by atoms with E-state index in [1.807, 2.05) is 0 Å². The van der Waals surface area contributed by atoms with Crippen LogP contribution in [0.25, 0.3) is 0 Å². The second-order valence-corrected chi connectivity index (χ2v) is 3.93. The van der Waals surface area contributed by atoms with E-state index in [-0.39, 0.29) is 0 Å². The first kappa shape index (κ1) is 15.7. The lowest BCUT2D eigenvalue weighted by molar-refractivity contribution is -0.207. The summed E-state index contributed by atoms with van der Waals surface area (Å²) in [7, 11) is 0. The average Bonchev–Trinajstić information content (AvgIpc) is 2.17. The Balaban J connectivity index is 5.04. The van der Waals surface area contributed by atoms with Crippen molar-refractivity contribution >= 4 is 11.9 Å². The van der Waals surface area contributed by atoms with Crippen molar-refractivity contribution in [2.75, 3.05) is 0 Å². The van der Waals surface area contributed by atoms with Crippen LogP contribution in [0.4, 0.5) is 13.2 Å². The molecular weight excluding hydrogens is 239 g/mol. The zero-order valence-electron chi connectivity index (χ0n) is 9.89. The molecule has 0 saturated heterocycles. The fourth-order valence-corrected chi connectivity index (χ4v) is 1.25. The molecule has 0 spiro atoms. The van der Waals surface area contributed by atoms with Crippen molar-refractivity contribution in [2.24, 2.45) is 5.92 Å². The first-order valence-electron chi connectivity index (χ1n) is 5.22. The van der Waals surface area contributed by atoms with Crippen LogP contribution < -0.4 is 5.32 Å². The van der Waals surface area contributed by atoms with E-state index in [0.717, 1.165) is 0 Å². The minimum atomic E-state index is -5.04. The predicted molar refractivity (Wildman–Crippen MR) is 54.3 cm³/mol. The van der Waals surface area contributed by atoms with E-state index in [0.29, 0.717) is 19.8 Å². The van der Waals surface area contributed by atoms with E-state index >= 15 is 0 Å². The van der Waals surface area contributed by atoms with Crippen LogP contribution in [0.5, 0.6) is 0 Å². The fraction of sp³-hybridized carbons (Fsp3) is 0.800. The van der Waals surface area contributed by atoms with Gasteiger partial charge < -0.3 is 10.4 Å². The molecule has 0 bridgehead atoms. The highest BCUT2D eigenvalue weighted by Gasteiger charge is 2.58. The second kappa shape index (κ2) is 5.37. The molecule has 0 rings (SSSR count). The zero-order valence-corrected chi connectivity index (χ0v) is 9.89. The van der Waals surface area contributed by atoms with Crippen molar-refractivity contribution in [2.45, 2.75) is 45.3 Å². The molecule has 0 radical (unpaired) electrons. The van der Waals surface area contributed by atoms with E-state index in [2.05, 4.69) is 0 Å². The van der Waals surface area contributed by atoms with Crippen LogP contribution in [-0.4, -0.2) is 28.7 Å². The van der Waals surface area contributed by atoms with Gasteiger partial charge in [0.25, 0.3) is 0 Å². The monoisotopic (exact) mass is 255 g/mol. The third-order valence-electron chi connectivity index (χ3n) is 2.72. The normalized spacial score (nSPS) is 15.5. The van der Waals surface area contributed by atoms with Gasteiger partial charge in [-0.2, -0.15) is 13.2 Å².